The lowest BCUT2D eigenvalue weighted by atomic mass is 9.92. The van der Waals surface area contributed by atoms with Crippen molar-refractivity contribution in [2.24, 2.45) is 0 Å². The van der Waals surface area contributed by atoms with Gasteiger partial charge in [-0.2, -0.15) is 5.10 Å². The van der Waals surface area contributed by atoms with E-state index in [4.69, 9.17) is 5.11 Å². The zero-order chi connectivity index (χ0) is 12.7. The smallest absolute Gasteiger partial charge is 0.168 e. The molecule has 1 aliphatic rings. The molecule has 1 saturated heterocycles. The Morgan fingerprint density at radius 1 is 1.35 bits per heavy atom. The lowest BCUT2D eigenvalue weighted by molar-refractivity contribution is 0.0439. The van der Waals surface area contributed by atoms with Gasteiger partial charge in [-0.1, -0.05) is 20.8 Å². The second-order valence-corrected chi connectivity index (χ2v) is 5.69. The molecule has 0 bridgehead atoms. The predicted octanol–water partition coefficient (Wildman–Crippen LogP) is 1.29. The summed E-state index contributed by atoms with van der Waals surface area (Å²) in [5.41, 5.74) is -0.588. The van der Waals surface area contributed by atoms with Gasteiger partial charge in [-0.15, -0.1) is 5.10 Å². The van der Waals surface area contributed by atoms with E-state index in [0.29, 0.717) is 5.82 Å². The Hall–Kier alpha value is -1.23. The summed E-state index contributed by atoms with van der Waals surface area (Å²) in [6.45, 7) is 6.15. The van der Waals surface area contributed by atoms with E-state index in [2.05, 4.69) is 31.0 Å². The minimum absolute atomic E-state index is 0.0323. The van der Waals surface area contributed by atoms with E-state index < -0.39 is 12.3 Å². The van der Waals surface area contributed by atoms with Crippen LogP contribution in [0, 0.1) is 0 Å². The maximum Gasteiger partial charge on any atom is 0.168 e. The van der Waals surface area contributed by atoms with E-state index in [1.807, 2.05) is 12.1 Å². The Morgan fingerprint density at radius 2 is 2.00 bits per heavy atom. The van der Waals surface area contributed by atoms with Gasteiger partial charge in [0.1, 0.15) is 0 Å². The van der Waals surface area contributed by atoms with Crippen molar-refractivity contribution in [1.29, 1.82) is 0 Å². The minimum atomic E-state index is -1.47. The fraction of sp³-hybridized carbons (Fsp3) is 0.667. The summed E-state index contributed by atoms with van der Waals surface area (Å²) in [4.78, 5) is 1.77. The molecule has 2 rings (SSSR count). The zero-order valence-electron chi connectivity index (χ0n) is 10.4. The fourth-order valence-corrected chi connectivity index (χ4v) is 1.79. The normalized spacial score (nSPS) is 19.0. The SMILES string of the molecule is CC(C)(C)c1ccc(N2CC(F)(CO)C2)nn1. The third kappa shape index (κ3) is 2.39. The molecule has 0 spiro atoms. The van der Waals surface area contributed by atoms with E-state index in [-0.39, 0.29) is 18.5 Å². The van der Waals surface area contributed by atoms with E-state index in [0.717, 1.165) is 5.69 Å². The van der Waals surface area contributed by atoms with Crippen molar-refractivity contribution in [2.45, 2.75) is 31.9 Å². The Morgan fingerprint density at radius 3 is 2.41 bits per heavy atom. The van der Waals surface area contributed by atoms with Crippen LogP contribution >= 0.6 is 0 Å². The topological polar surface area (TPSA) is 49.2 Å². The highest BCUT2D eigenvalue weighted by molar-refractivity contribution is 5.43. The fourth-order valence-electron chi connectivity index (χ4n) is 1.79. The number of aliphatic hydroxyl groups is 1. The van der Waals surface area contributed by atoms with Crippen LogP contribution in [0.4, 0.5) is 10.2 Å². The summed E-state index contributed by atoms with van der Waals surface area (Å²) in [5, 5.41) is 17.1. The van der Waals surface area contributed by atoms with Crippen LogP contribution in [0.5, 0.6) is 0 Å². The number of halogens is 1. The molecule has 1 N–H and O–H groups in total. The molecule has 0 aliphatic carbocycles. The number of aromatic nitrogens is 2. The molecule has 4 nitrogen and oxygen atoms in total. The van der Waals surface area contributed by atoms with E-state index in [1.54, 1.807) is 4.90 Å². The average Bonchev–Trinajstić information content (AvgIpc) is 2.24. The van der Waals surface area contributed by atoms with Gasteiger partial charge in [-0.05, 0) is 12.1 Å². The van der Waals surface area contributed by atoms with Gasteiger partial charge >= 0.3 is 0 Å². The average molecular weight is 239 g/mol. The van der Waals surface area contributed by atoms with Crippen molar-refractivity contribution >= 4 is 5.82 Å². The Kier molecular flexibility index (Phi) is 2.81. The molecule has 17 heavy (non-hydrogen) atoms. The summed E-state index contributed by atoms with van der Waals surface area (Å²) in [7, 11) is 0. The van der Waals surface area contributed by atoms with Crippen molar-refractivity contribution in [2.75, 3.05) is 24.6 Å². The van der Waals surface area contributed by atoms with Crippen molar-refractivity contribution in [1.82, 2.24) is 10.2 Å². The first-order valence-corrected chi connectivity index (χ1v) is 5.73. The number of rotatable bonds is 2. The predicted molar refractivity (Wildman–Crippen MR) is 63.9 cm³/mol. The van der Waals surface area contributed by atoms with Gasteiger partial charge in [-0.3, -0.25) is 0 Å². The summed E-state index contributed by atoms with van der Waals surface area (Å²) in [6.07, 6.45) is 0. The summed E-state index contributed by atoms with van der Waals surface area (Å²) in [6, 6.07) is 3.77. The summed E-state index contributed by atoms with van der Waals surface area (Å²) >= 11 is 0. The van der Waals surface area contributed by atoms with Crippen LogP contribution in [0.25, 0.3) is 0 Å². The molecule has 1 aliphatic heterocycles. The molecule has 2 heterocycles. The van der Waals surface area contributed by atoms with E-state index >= 15 is 0 Å². The Balaban J connectivity index is 2.06. The number of alkyl halides is 1. The summed E-state index contributed by atoms with van der Waals surface area (Å²) < 4.78 is 13.5. The van der Waals surface area contributed by atoms with Gasteiger partial charge < -0.3 is 10.0 Å². The molecule has 5 heteroatoms. The molecule has 0 unspecified atom stereocenters. The van der Waals surface area contributed by atoms with Gasteiger partial charge in [0, 0.05) is 5.41 Å². The zero-order valence-corrected chi connectivity index (χ0v) is 10.4. The molecular weight excluding hydrogens is 221 g/mol. The van der Waals surface area contributed by atoms with Gasteiger partial charge in [0.25, 0.3) is 0 Å². The van der Waals surface area contributed by atoms with E-state index in [9.17, 15) is 4.39 Å². The molecule has 94 valence electrons. The van der Waals surface area contributed by atoms with Crippen LogP contribution in [0.1, 0.15) is 26.5 Å². The van der Waals surface area contributed by atoms with Crippen LogP contribution in [0.3, 0.4) is 0 Å². The van der Waals surface area contributed by atoms with E-state index in [1.165, 1.54) is 0 Å². The van der Waals surface area contributed by atoms with Crippen LogP contribution in [0.2, 0.25) is 0 Å². The molecular formula is C12H18FN3O. The van der Waals surface area contributed by atoms with Gasteiger partial charge in [0.15, 0.2) is 11.5 Å². The van der Waals surface area contributed by atoms with Crippen molar-refractivity contribution in [3.8, 4) is 0 Å². The lowest BCUT2D eigenvalue weighted by Crippen LogP contribution is -2.61. The monoisotopic (exact) mass is 239 g/mol. The molecule has 0 saturated carbocycles. The Labute approximate surface area is 100 Å². The molecule has 0 amide bonds. The molecule has 0 radical (unpaired) electrons. The molecule has 0 aromatic carbocycles. The summed E-state index contributed by atoms with van der Waals surface area (Å²) in [5.74, 6) is 0.666. The van der Waals surface area contributed by atoms with Gasteiger partial charge in [-0.25, -0.2) is 4.39 Å². The number of anilines is 1. The third-order valence-corrected chi connectivity index (χ3v) is 2.97. The van der Waals surface area contributed by atoms with Crippen molar-refractivity contribution < 1.29 is 9.50 Å². The number of hydrogen-bond donors (Lipinski definition) is 1. The number of nitrogens with zero attached hydrogens (tertiary/aromatic N) is 3. The quantitative estimate of drug-likeness (QED) is 0.845. The van der Waals surface area contributed by atoms with Gasteiger partial charge in [0.2, 0.25) is 0 Å². The first-order valence-electron chi connectivity index (χ1n) is 5.73. The highest BCUT2D eigenvalue weighted by Gasteiger charge is 2.43. The lowest BCUT2D eigenvalue weighted by Gasteiger charge is -2.43. The number of hydrogen-bond acceptors (Lipinski definition) is 4. The molecule has 0 atom stereocenters. The molecule has 1 aromatic rings. The highest BCUT2D eigenvalue weighted by atomic mass is 19.1. The third-order valence-electron chi connectivity index (χ3n) is 2.97. The maximum atomic E-state index is 13.5. The molecule has 1 fully saturated rings. The largest absolute Gasteiger partial charge is 0.393 e. The molecule has 1 aromatic heterocycles. The van der Waals surface area contributed by atoms with Gasteiger partial charge in [0.05, 0.1) is 25.4 Å². The van der Waals surface area contributed by atoms with Crippen molar-refractivity contribution in [3.63, 3.8) is 0 Å². The maximum absolute atomic E-state index is 13.5. The second-order valence-electron chi connectivity index (χ2n) is 5.69. The first kappa shape index (κ1) is 12.2. The van der Waals surface area contributed by atoms with Crippen molar-refractivity contribution in [3.05, 3.63) is 17.8 Å². The number of aliphatic hydroxyl groups excluding tert-OH is 1. The standard InChI is InChI=1S/C12H18FN3O/c1-11(2,3)9-4-5-10(15-14-9)16-6-12(13,7-16)8-17/h4-5,17H,6-8H2,1-3H3. The second kappa shape index (κ2) is 3.91. The highest BCUT2D eigenvalue weighted by Crippen LogP contribution is 2.29. The first-order chi connectivity index (χ1) is 7.84. The Bertz CT molecular complexity index is 393. The minimum Gasteiger partial charge on any atom is -0.393 e. The van der Waals surface area contributed by atoms with Crippen LogP contribution < -0.4 is 4.90 Å². The van der Waals surface area contributed by atoms with Crippen LogP contribution in [-0.2, 0) is 5.41 Å². The van der Waals surface area contributed by atoms with Crippen LogP contribution in [-0.4, -0.2) is 40.7 Å². The van der Waals surface area contributed by atoms with Crippen LogP contribution in [0.15, 0.2) is 12.1 Å².